The van der Waals surface area contributed by atoms with Gasteiger partial charge >= 0.3 is 0 Å². The summed E-state index contributed by atoms with van der Waals surface area (Å²) in [5.74, 6) is 0.0664. The molecular weight excluding hydrogens is 292 g/mol. The number of nitrogens with one attached hydrogen (secondary N) is 2. The Hall–Kier alpha value is -0.950. The van der Waals surface area contributed by atoms with Gasteiger partial charge in [0, 0.05) is 31.8 Å². The molecule has 0 heterocycles. The second-order valence-corrected chi connectivity index (χ2v) is 8.61. The fourth-order valence-electron chi connectivity index (χ4n) is 3.93. The van der Waals surface area contributed by atoms with Crippen molar-refractivity contribution in [3.63, 3.8) is 0 Å². The zero-order valence-electron chi connectivity index (χ0n) is 12.9. The van der Waals surface area contributed by atoms with Gasteiger partial charge in [-0.1, -0.05) is 13.8 Å². The third kappa shape index (κ3) is 2.85. The van der Waals surface area contributed by atoms with Gasteiger partial charge in [0.15, 0.2) is 0 Å². The van der Waals surface area contributed by atoms with Crippen LogP contribution in [-0.4, -0.2) is 39.0 Å². The van der Waals surface area contributed by atoms with Gasteiger partial charge in [-0.05, 0) is 24.2 Å². The minimum atomic E-state index is -3.53. The van der Waals surface area contributed by atoms with Crippen LogP contribution in [0.3, 0.4) is 0 Å². The second kappa shape index (κ2) is 5.35. The van der Waals surface area contributed by atoms with E-state index in [0.29, 0.717) is 18.8 Å². The molecule has 2 saturated carbocycles. The van der Waals surface area contributed by atoms with E-state index in [0.717, 1.165) is 6.42 Å². The Kier molecular flexibility index (Phi) is 4.19. The van der Waals surface area contributed by atoms with E-state index in [4.69, 9.17) is 0 Å². The lowest BCUT2D eigenvalue weighted by Crippen LogP contribution is -2.46. The van der Waals surface area contributed by atoms with E-state index in [1.807, 2.05) is 13.8 Å². The quantitative estimate of drug-likeness (QED) is 0.695. The molecule has 2 atom stereocenters. The molecule has 0 spiro atoms. The Bertz CT molecular complexity index is 555. The van der Waals surface area contributed by atoms with E-state index < -0.39 is 15.4 Å². The first-order valence-corrected chi connectivity index (χ1v) is 9.01. The van der Waals surface area contributed by atoms with Gasteiger partial charge in [-0.2, -0.15) is 0 Å². The van der Waals surface area contributed by atoms with E-state index in [9.17, 15) is 18.0 Å². The molecule has 2 rings (SSSR count). The maximum absolute atomic E-state index is 12.3. The van der Waals surface area contributed by atoms with Crippen LogP contribution in [0.2, 0.25) is 0 Å². The molecule has 0 aromatic carbocycles. The van der Waals surface area contributed by atoms with Gasteiger partial charge in [-0.15, -0.1) is 0 Å². The SMILES string of the molecule is CC(=O)NCCNS(=O)(=O)C[C@@]12CC[C@@H](CC1=O)C2(C)C. The van der Waals surface area contributed by atoms with Gasteiger partial charge in [-0.3, -0.25) is 9.59 Å². The zero-order valence-corrected chi connectivity index (χ0v) is 13.7. The number of Topliss-reactive ketones (excluding diaryl/α,β-unsaturated/α-hetero) is 1. The molecule has 2 fully saturated rings. The van der Waals surface area contributed by atoms with E-state index in [1.165, 1.54) is 6.92 Å². The summed E-state index contributed by atoms with van der Waals surface area (Å²) in [6, 6.07) is 0. The van der Waals surface area contributed by atoms with Gasteiger partial charge in [0.05, 0.1) is 5.75 Å². The average molecular weight is 316 g/mol. The summed E-state index contributed by atoms with van der Waals surface area (Å²) < 4.78 is 27.0. The molecule has 0 aromatic rings. The van der Waals surface area contributed by atoms with Crippen molar-refractivity contribution in [2.24, 2.45) is 16.7 Å². The van der Waals surface area contributed by atoms with Crippen molar-refractivity contribution in [3.8, 4) is 0 Å². The molecule has 2 N–H and O–H groups in total. The van der Waals surface area contributed by atoms with Crippen LogP contribution in [0, 0.1) is 16.7 Å². The van der Waals surface area contributed by atoms with Crippen molar-refractivity contribution in [2.45, 2.75) is 40.0 Å². The molecule has 0 unspecified atom stereocenters. The van der Waals surface area contributed by atoms with Crippen LogP contribution in [0.25, 0.3) is 0 Å². The molecule has 6 nitrogen and oxygen atoms in total. The molecule has 1 amide bonds. The van der Waals surface area contributed by atoms with Gasteiger partial charge in [0.25, 0.3) is 0 Å². The number of carbonyl (C=O) groups is 2. The Morgan fingerprint density at radius 1 is 1.33 bits per heavy atom. The van der Waals surface area contributed by atoms with Crippen LogP contribution >= 0.6 is 0 Å². The average Bonchev–Trinajstić information content (AvgIpc) is 2.68. The molecule has 0 aromatic heterocycles. The normalized spacial score (nSPS) is 30.6. The first-order valence-electron chi connectivity index (χ1n) is 7.36. The topological polar surface area (TPSA) is 92.3 Å². The highest BCUT2D eigenvalue weighted by molar-refractivity contribution is 7.89. The Morgan fingerprint density at radius 2 is 2.00 bits per heavy atom. The van der Waals surface area contributed by atoms with E-state index in [-0.39, 0.29) is 35.9 Å². The molecule has 0 radical (unpaired) electrons. The van der Waals surface area contributed by atoms with Crippen molar-refractivity contribution in [3.05, 3.63) is 0 Å². The smallest absolute Gasteiger partial charge is 0.216 e. The number of ketones is 1. The molecule has 2 aliphatic carbocycles. The number of carbonyl (C=O) groups excluding carboxylic acids is 2. The summed E-state index contributed by atoms with van der Waals surface area (Å²) in [6.07, 6.45) is 2.10. The van der Waals surface area contributed by atoms with Crippen molar-refractivity contribution in [1.29, 1.82) is 0 Å². The maximum atomic E-state index is 12.3. The van der Waals surface area contributed by atoms with Crippen molar-refractivity contribution in [2.75, 3.05) is 18.8 Å². The van der Waals surface area contributed by atoms with Crippen LogP contribution in [0.4, 0.5) is 0 Å². The molecule has 21 heavy (non-hydrogen) atoms. The molecular formula is C14H24N2O4S. The summed E-state index contributed by atoms with van der Waals surface area (Å²) in [5.41, 5.74) is -0.992. The van der Waals surface area contributed by atoms with Gasteiger partial charge < -0.3 is 5.32 Å². The van der Waals surface area contributed by atoms with Crippen LogP contribution < -0.4 is 10.0 Å². The first kappa shape index (κ1) is 16.4. The van der Waals surface area contributed by atoms with Gasteiger partial charge in [0.2, 0.25) is 15.9 Å². The third-order valence-corrected chi connectivity index (χ3v) is 6.91. The Morgan fingerprint density at radius 3 is 2.48 bits per heavy atom. The predicted octanol–water partition coefficient (Wildman–Crippen LogP) is 0.437. The van der Waals surface area contributed by atoms with Gasteiger partial charge in [0.1, 0.15) is 5.78 Å². The summed E-state index contributed by atoms with van der Waals surface area (Å²) >= 11 is 0. The fraction of sp³-hybridized carbons (Fsp3) is 0.857. The molecule has 2 bridgehead atoms. The number of hydrogen-bond donors (Lipinski definition) is 2. The van der Waals surface area contributed by atoms with Crippen molar-refractivity contribution >= 4 is 21.7 Å². The molecule has 2 aliphatic rings. The number of rotatable bonds is 6. The van der Waals surface area contributed by atoms with Crippen LogP contribution in [-0.2, 0) is 19.6 Å². The molecule has 0 saturated heterocycles. The Labute approximate surface area is 126 Å². The summed E-state index contributed by atoms with van der Waals surface area (Å²) in [5, 5.41) is 2.54. The Balaban J connectivity index is 2.02. The minimum Gasteiger partial charge on any atom is -0.355 e. The molecule has 120 valence electrons. The van der Waals surface area contributed by atoms with Crippen LogP contribution in [0.15, 0.2) is 0 Å². The lowest BCUT2D eigenvalue weighted by molar-refractivity contribution is -0.128. The second-order valence-electron chi connectivity index (χ2n) is 6.80. The molecule has 7 heteroatoms. The third-order valence-electron chi connectivity index (χ3n) is 5.40. The number of hydrogen-bond acceptors (Lipinski definition) is 4. The summed E-state index contributed by atoms with van der Waals surface area (Å²) in [7, 11) is -3.53. The largest absolute Gasteiger partial charge is 0.355 e. The highest BCUT2D eigenvalue weighted by Gasteiger charge is 2.65. The first-order chi connectivity index (χ1) is 9.61. The number of sulfonamides is 1. The minimum absolute atomic E-state index is 0.0935. The van der Waals surface area contributed by atoms with E-state index in [2.05, 4.69) is 10.0 Å². The predicted molar refractivity (Wildman–Crippen MR) is 79.0 cm³/mol. The highest BCUT2D eigenvalue weighted by Crippen LogP contribution is 2.64. The van der Waals surface area contributed by atoms with Crippen LogP contribution in [0.1, 0.15) is 40.0 Å². The highest BCUT2D eigenvalue weighted by atomic mass is 32.2. The summed E-state index contributed by atoms with van der Waals surface area (Å²) in [4.78, 5) is 23.1. The van der Waals surface area contributed by atoms with Crippen molar-refractivity contribution in [1.82, 2.24) is 10.0 Å². The molecule has 0 aliphatic heterocycles. The van der Waals surface area contributed by atoms with Crippen molar-refractivity contribution < 1.29 is 18.0 Å². The summed E-state index contributed by atoms with van der Waals surface area (Å²) in [6.45, 7) is 5.81. The standard InChI is InChI=1S/C14H24N2O4S/c1-10(17)15-6-7-16-21(19,20)9-14-5-4-11(8-12(14)18)13(14,2)3/h11,16H,4-9H2,1-3H3,(H,15,17)/t11-,14-/m0/s1. The maximum Gasteiger partial charge on any atom is 0.216 e. The van der Waals surface area contributed by atoms with E-state index >= 15 is 0 Å². The zero-order chi connectivity index (χ0) is 15.9. The van der Waals surface area contributed by atoms with Crippen LogP contribution in [0.5, 0.6) is 0 Å². The number of amides is 1. The van der Waals surface area contributed by atoms with E-state index in [1.54, 1.807) is 0 Å². The van der Waals surface area contributed by atoms with Gasteiger partial charge in [-0.25, -0.2) is 13.1 Å². The number of fused-ring (bicyclic) bond motifs is 2. The fourth-order valence-corrected chi connectivity index (χ4v) is 5.77. The lowest BCUT2D eigenvalue weighted by Gasteiger charge is -2.36. The lowest BCUT2D eigenvalue weighted by atomic mass is 9.70. The monoisotopic (exact) mass is 316 g/mol.